The van der Waals surface area contributed by atoms with Crippen LogP contribution in [0.2, 0.25) is 0 Å². The van der Waals surface area contributed by atoms with E-state index in [0.29, 0.717) is 24.2 Å². The number of nitrogens with two attached hydrogens (primary N) is 3. The Morgan fingerprint density at radius 1 is 0.933 bits per heavy atom. The Labute approximate surface area is 171 Å². The van der Waals surface area contributed by atoms with Gasteiger partial charge >= 0.3 is 0 Å². The number of Topliss-reactive ketones (excluding diaryl/α,β-unsaturated/α-hetero) is 1. The SMILES string of the molecule is NC(=O)c1cccc(N)c1.NCCCCCC(=O)COc1c(F)c(F)cc(F)c1F. The Bertz CT molecular complexity index is 852. The number of amides is 1. The highest BCUT2D eigenvalue weighted by atomic mass is 19.2. The molecule has 10 heteroatoms. The normalized spacial score (nSPS) is 10.2. The van der Waals surface area contributed by atoms with Gasteiger partial charge in [0.2, 0.25) is 17.5 Å². The van der Waals surface area contributed by atoms with Crippen LogP contribution in [0.1, 0.15) is 36.0 Å². The molecule has 30 heavy (non-hydrogen) atoms. The molecule has 0 aliphatic heterocycles. The number of benzene rings is 2. The number of carbonyl (C=O) groups is 2. The lowest BCUT2D eigenvalue weighted by molar-refractivity contribution is -0.121. The fourth-order valence-electron chi connectivity index (χ4n) is 2.24. The van der Waals surface area contributed by atoms with Crippen molar-refractivity contribution in [1.29, 1.82) is 0 Å². The van der Waals surface area contributed by atoms with Crippen LogP contribution in [0, 0.1) is 23.3 Å². The van der Waals surface area contributed by atoms with Crippen LogP contribution in [0.4, 0.5) is 23.2 Å². The molecular weight excluding hydrogens is 406 g/mol. The maximum Gasteiger partial charge on any atom is 0.248 e. The second-order valence-corrected chi connectivity index (χ2v) is 6.21. The molecule has 2 aromatic carbocycles. The van der Waals surface area contributed by atoms with Gasteiger partial charge < -0.3 is 21.9 Å². The first-order valence-electron chi connectivity index (χ1n) is 9.00. The van der Waals surface area contributed by atoms with Crippen molar-refractivity contribution >= 4 is 17.4 Å². The van der Waals surface area contributed by atoms with Gasteiger partial charge in [0.15, 0.2) is 23.2 Å². The summed E-state index contributed by atoms with van der Waals surface area (Å²) in [5, 5.41) is 0. The summed E-state index contributed by atoms with van der Waals surface area (Å²) in [5.41, 5.74) is 16.7. The van der Waals surface area contributed by atoms with Crippen LogP contribution in [-0.4, -0.2) is 24.8 Å². The van der Waals surface area contributed by atoms with E-state index in [1.807, 2.05) is 0 Å². The van der Waals surface area contributed by atoms with Crippen molar-refractivity contribution in [2.45, 2.75) is 25.7 Å². The maximum absolute atomic E-state index is 13.2. The Kier molecular flexibility index (Phi) is 10.3. The summed E-state index contributed by atoms with van der Waals surface area (Å²) < 4.78 is 56.7. The second-order valence-electron chi connectivity index (χ2n) is 6.21. The Morgan fingerprint density at radius 3 is 2.07 bits per heavy atom. The van der Waals surface area contributed by atoms with Gasteiger partial charge in [0, 0.05) is 23.7 Å². The summed E-state index contributed by atoms with van der Waals surface area (Å²) >= 11 is 0. The molecule has 0 aromatic heterocycles. The van der Waals surface area contributed by atoms with Crippen LogP contribution in [0.25, 0.3) is 0 Å². The number of carbonyl (C=O) groups excluding carboxylic acids is 2. The highest BCUT2D eigenvalue weighted by Gasteiger charge is 2.21. The third-order valence-corrected chi connectivity index (χ3v) is 3.78. The van der Waals surface area contributed by atoms with E-state index in [-0.39, 0.29) is 12.5 Å². The lowest BCUT2D eigenvalue weighted by atomic mass is 10.1. The molecule has 0 unspecified atom stereocenters. The smallest absolute Gasteiger partial charge is 0.248 e. The van der Waals surface area contributed by atoms with Gasteiger partial charge in [-0.3, -0.25) is 9.59 Å². The minimum Gasteiger partial charge on any atom is -0.480 e. The zero-order valence-corrected chi connectivity index (χ0v) is 16.1. The van der Waals surface area contributed by atoms with E-state index in [9.17, 15) is 27.2 Å². The van der Waals surface area contributed by atoms with Gasteiger partial charge in [-0.05, 0) is 37.6 Å². The molecule has 0 spiro atoms. The zero-order valence-electron chi connectivity index (χ0n) is 16.1. The molecule has 6 N–H and O–H groups in total. The third kappa shape index (κ3) is 8.08. The van der Waals surface area contributed by atoms with Gasteiger partial charge in [0.1, 0.15) is 6.61 Å². The number of anilines is 1. The molecule has 1 amide bonds. The summed E-state index contributed by atoms with van der Waals surface area (Å²) in [6.45, 7) is -0.122. The third-order valence-electron chi connectivity index (χ3n) is 3.78. The van der Waals surface area contributed by atoms with Crippen LogP contribution in [0.3, 0.4) is 0 Å². The molecule has 0 fully saturated rings. The topological polar surface area (TPSA) is 121 Å². The number of nitrogen functional groups attached to an aromatic ring is 1. The molecule has 0 saturated carbocycles. The van der Waals surface area contributed by atoms with Crippen LogP contribution >= 0.6 is 0 Å². The molecule has 6 nitrogen and oxygen atoms in total. The quantitative estimate of drug-likeness (QED) is 0.245. The van der Waals surface area contributed by atoms with Crippen molar-refractivity contribution in [1.82, 2.24) is 0 Å². The number of hydrogen-bond donors (Lipinski definition) is 3. The van der Waals surface area contributed by atoms with Crippen LogP contribution < -0.4 is 21.9 Å². The predicted molar refractivity (Wildman–Crippen MR) is 104 cm³/mol. The van der Waals surface area contributed by atoms with E-state index >= 15 is 0 Å². The van der Waals surface area contributed by atoms with Crippen molar-refractivity contribution in [2.24, 2.45) is 11.5 Å². The standard InChI is InChI=1S/C13H15F4NO2.C7H8N2O/c14-9-6-10(15)12(17)13(11(9)16)20-7-8(19)4-2-1-3-5-18;8-6-3-1-2-5(4-6)7(9)10/h6H,1-5,7,18H2;1-4H,8H2,(H2,9,10). The first-order chi connectivity index (χ1) is 14.2. The molecule has 164 valence electrons. The molecule has 2 rings (SSSR count). The summed E-state index contributed by atoms with van der Waals surface area (Å²) in [6.07, 6.45) is 2.25. The summed E-state index contributed by atoms with van der Waals surface area (Å²) in [6, 6.07) is 6.63. The fraction of sp³-hybridized carbons (Fsp3) is 0.300. The monoisotopic (exact) mass is 429 g/mol. The van der Waals surface area contributed by atoms with Gasteiger partial charge in [-0.15, -0.1) is 0 Å². The molecule has 0 radical (unpaired) electrons. The van der Waals surface area contributed by atoms with Gasteiger partial charge in [0.05, 0.1) is 0 Å². The van der Waals surface area contributed by atoms with Crippen LogP contribution in [-0.2, 0) is 4.79 Å². The summed E-state index contributed by atoms with van der Waals surface area (Å²) in [4.78, 5) is 21.9. The summed E-state index contributed by atoms with van der Waals surface area (Å²) in [5.74, 6) is -8.53. The van der Waals surface area contributed by atoms with Crippen molar-refractivity contribution in [2.75, 3.05) is 18.9 Å². The van der Waals surface area contributed by atoms with Crippen LogP contribution in [0.5, 0.6) is 5.75 Å². The lowest BCUT2D eigenvalue weighted by Crippen LogP contribution is -2.13. The number of ether oxygens (including phenoxy) is 1. The molecule has 0 atom stereocenters. The van der Waals surface area contributed by atoms with E-state index in [0.717, 1.165) is 12.8 Å². The minimum atomic E-state index is -1.65. The van der Waals surface area contributed by atoms with Crippen LogP contribution in [0.15, 0.2) is 30.3 Å². The largest absolute Gasteiger partial charge is 0.480 e. The number of primary amides is 1. The Balaban J connectivity index is 0.000000375. The maximum atomic E-state index is 13.2. The summed E-state index contributed by atoms with van der Waals surface area (Å²) in [7, 11) is 0. The number of unbranched alkanes of at least 4 members (excludes halogenated alkanes) is 2. The van der Waals surface area contributed by atoms with E-state index in [4.69, 9.17) is 17.2 Å². The highest BCUT2D eigenvalue weighted by Crippen LogP contribution is 2.26. The number of rotatable bonds is 9. The number of ketones is 1. The molecule has 0 aliphatic carbocycles. The fourth-order valence-corrected chi connectivity index (χ4v) is 2.24. The average molecular weight is 429 g/mol. The molecule has 0 heterocycles. The zero-order chi connectivity index (χ0) is 22.7. The second kappa shape index (κ2) is 12.4. The number of halogens is 4. The Hall–Kier alpha value is -3.14. The van der Waals surface area contributed by atoms with Crippen molar-refractivity contribution in [3.8, 4) is 5.75 Å². The molecule has 0 saturated heterocycles. The van der Waals surface area contributed by atoms with E-state index in [2.05, 4.69) is 4.74 Å². The predicted octanol–water partition coefficient (Wildman–Crippen LogP) is 3.08. The lowest BCUT2D eigenvalue weighted by Gasteiger charge is -2.08. The molecular formula is C20H23F4N3O3. The van der Waals surface area contributed by atoms with E-state index in [1.54, 1.807) is 24.3 Å². The molecule has 0 bridgehead atoms. The first-order valence-corrected chi connectivity index (χ1v) is 9.00. The highest BCUT2D eigenvalue weighted by molar-refractivity contribution is 5.93. The molecule has 2 aromatic rings. The average Bonchev–Trinajstić information content (AvgIpc) is 2.70. The van der Waals surface area contributed by atoms with Gasteiger partial charge in [0.25, 0.3) is 0 Å². The minimum absolute atomic E-state index is 0.0756. The number of hydrogen-bond acceptors (Lipinski definition) is 5. The van der Waals surface area contributed by atoms with Gasteiger partial charge in [-0.25, -0.2) is 8.78 Å². The Morgan fingerprint density at radius 2 is 1.57 bits per heavy atom. The molecule has 0 aliphatic rings. The van der Waals surface area contributed by atoms with Crippen molar-refractivity contribution in [3.63, 3.8) is 0 Å². The van der Waals surface area contributed by atoms with E-state index in [1.165, 1.54) is 0 Å². The van der Waals surface area contributed by atoms with E-state index < -0.39 is 47.3 Å². The van der Waals surface area contributed by atoms with Gasteiger partial charge in [-0.2, -0.15) is 8.78 Å². The van der Waals surface area contributed by atoms with Gasteiger partial charge in [-0.1, -0.05) is 12.5 Å². The van der Waals surface area contributed by atoms with Crippen molar-refractivity contribution in [3.05, 3.63) is 59.2 Å². The first kappa shape index (κ1) is 24.9. The van der Waals surface area contributed by atoms with Crippen molar-refractivity contribution < 1.29 is 31.9 Å².